The van der Waals surface area contributed by atoms with E-state index in [4.69, 9.17) is 16.3 Å². The molecule has 3 N–H and O–H groups in total. The van der Waals surface area contributed by atoms with E-state index in [0.717, 1.165) is 0 Å². The molecular weight excluding hydrogens is 342 g/mol. The van der Waals surface area contributed by atoms with Crippen LogP contribution < -0.4 is 20.7 Å². The maximum Gasteiger partial charge on any atom is 0.251 e. The average molecular weight is 362 g/mol. The Hall–Kier alpha value is -2.73. The van der Waals surface area contributed by atoms with Crippen LogP contribution in [0.1, 0.15) is 17.3 Å². The van der Waals surface area contributed by atoms with Gasteiger partial charge in [0.25, 0.3) is 5.91 Å². The van der Waals surface area contributed by atoms with Crippen LogP contribution in [0.25, 0.3) is 0 Å². The fourth-order valence-electron chi connectivity index (χ4n) is 2.15. The highest BCUT2D eigenvalue weighted by molar-refractivity contribution is 6.33. The van der Waals surface area contributed by atoms with Crippen LogP contribution in [0.4, 0.5) is 11.4 Å². The first kappa shape index (κ1) is 18.6. The number of carbonyl (C=O) groups is 2. The summed E-state index contributed by atoms with van der Waals surface area (Å²) in [4.78, 5) is 23.9. The van der Waals surface area contributed by atoms with Gasteiger partial charge in [-0.3, -0.25) is 9.59 Å². The number of halogens is 1. The van der Waals surface area contributed by atoms with Gasteiger partial charge in [-0.1, -0.05) is 17.7 Å². The number of anilines is 2. The van der Waals surface area contributed by atoms with Crippen molar-refractivity contribution >= 4 is 34.8 Å². The average Bonchev–Trinajstić information content (AvgIpc) is 2.61. The van der Waals surface area contributed by atoms with Crippen LogP contribution in [0.5, 0.6) is 5.75 Å². The van der Waals surface area contributed by atoms with E-state index in [1.807, 2.05) is 6.92 Å². The predicted molar refractivity (Wildman–Crippen MR) is 99.6 cm³/mol. The Balaban J connectivity index is 1.97. The van der Waals surface area contributed by atoms with Crippen LogP contribution in [-0.4, -0.2) is 32.0 Å². The van der Waals surface area contributed by atoms with Crippen molar-refractivity contribution in [3.63, 3.8) is 0 Å². The lowest BCUT2D eigenvalue weighted by Gasteiger charge is -2.11. The molecule has 0 spiro atoms. The SMILES string of the molecule is CCNC(=O)c1cccc(NC(=O)CNc2cc(OC)ccc2Cl)c1. The second-order valence-corrected chi connectivity index (χ2v) is 5.59. The Morgan fingerprint density at radius 1 is 1.16 bits per heavy atom. The second kappa shape index (κ2) is 8.94. The molecule has 0 aliphatic carbocycles. The second-order valence-electron chi connectivity index (χ2n) is 5.19. The number of hydrogen-bond acceptors (Lipinski definition) is 4. The summed E-state index contributed by atoms with van der Waals surface area (Å²) in [6, 6.07) is 11.9. The predicted octanol–water partition coefficient (Wildman–Crippen LogP) is 3.15. The number of benzene rings is 2. The fraction of sp³-hybridized carbons (Fsp3) is 0.222. The van der Waals surface area contributed by atoms with E-state index >= 15 is 0 Å². The normalized spacial score (nSPS) is 10.0. The van der Waals surface area contributed by atoms with Gasteiger partial charge >= 0.3 is 0 Å². The van der Waals surface area contributed by atoms with Crippen LogP contribution in [0.3, 0.4) is 0 Å². The Morgan fingerprint density at radius 3 is 2.68 bits per heavy atom. The van der Waals surface area contributed by atoms with Crippen molar-refractivity contribution in [2.45, 2.75) is 6.92 Å². The molecule has 0 aromatic heterocycles. The summed E-state index contributed by atoms with van der Waals surface area (Å²) in [5.74, 6) is 0.203. The number of methoxy groups -OCH3 is 1. The molecule has 0 radical (unpaired) electrons. The summed E-state index contributed by atoms with van der Waals surface area (Å²) in [6.07, 6.45) is 0. The molecule has 0 heterocycles. The number of carbonyl (C=O) groups excluding carboxylic acids is 2. The van der Waals surface area contributed by atoms with Gasteiger partial charge in [-0.15, -0.1) is 0 Å². The molecule has 6 nitrogen and oxygen atoms in total. The lowest BCUT2D eigenvalue weighted by atomic mass is 10.2. The van der Waals surface area contributed by atoms with Crippen molar-refractivity contribution < 1.29 is 14.3 Å². The summed E-state index contributed by atoms with van der Waals surface area (Å²) in [7, 11) is 1.56. The van der Waals surface area contributed by atoms with E-state index in [9.17, 15) is 9.59 Å². The third-order valence-corrected chi connectivity index (χ3v) is 3.69. The quantitative estimate of drug-likeness (QED) is 0.707. The molecule has 2 aromatic rings. The largest absolute Gasteiger partial charge is 0.497 e. The van der Waals surface area contributed by atoms with E-state index in [2.05, 4.69) is 16.0 Å². The van der Waals surface area contributed by atoms with Gasteiger partial charge in [0.05, 0.1) is 24.4 Å². The number of amides is 2. The molecule has 2 aromatic carbocycles. The van der Waals surface area contributed by atoms with Crippen molar-refractivity contribution in [2.75, 3.05) is 30.8 Å². The summed E-state index contributed by atoms with van der Waals surface area (Å²) in [5.41, 5.74) is 1.64. The van der Waals surface area contributed by atoms with Crippen molar-refractivity contribution in [1.29, 1.82) is 0 Å². The first-order valence-electron chi connectivity index (χ1n) is 7.79. The van der Waals surface area contributed by atoms with Crippen molar-refractivity contribution in [3.05, 3.63) is 53.1 Å². The van der Waals surface area contributed by atoms with Crippen molar-refractivity contribution in [3.8, 4) is 5.75 Å². The van der Waals surface area contributed by atoms with Crippen LogP contribution in [0.15, 0.2) is 42.5 Å². The number of ether oxygens (including phenoxy) is 1. The first-order valence-corrected chi connectivity index (χ1v) is 8.16. The van der Waals surface area contributed by atoms with Gasteiger partial charge in [0.1, 0.15) is 5.75 Å². The van der Waals surface area contributed by atoms with E-state index in [-0.39, 0.29) is 18.4 Å². The van der Waals surface area contributed by atoms with Crippen molar-refractivity contribution in [1.82, 2.24) is 5.32 Å². The molecular formula is C18H20ClN3O3. The molecule has 0 fully saturated rings. The zero-order chi connectivity index (χ0) is 18.2. The lowest BCUT2D eigenvalue weighted by Crippen LogP contribution is -2.24. The van der Waals surface area contributed by atoms with Gasteiger partial charge in [-0.25, -0.2) is 0 Å². The maximum absolute atomic E-state index is 12.1. The Kier molecular flexibility index (Phi) is 6.65. The Labute approximate surface area is 151 Å². The van der Waals surface area contributed by atoms with Gasteiger partial charge in [0.2, 0.25) is 5.91 Å². The molecule has 7 heteroatoms. The maximum atomic E-state index is 12.1. The molecule has 2 amide bonds. The standard InChI is InChI=1S/C18H20ClN3O3/c1-3-20-18(24)12-5-4-6-13(9-12)22-17(23)11-21-16-10-14(25-2)7-8-15(16)19/h4-10,21H,3,11H2,1-2H3,(H,20,24)(H,22,23). The first-order chi connectivity index (χ1) is 12.0. The zero-order valence-corrected chi connectivity index (χ0v) is 14.8. The molecule has 2 rings (SSSR count). The monoisotopic (exact) mass is 361 g/mol. The molecule has 0 aliphatic rings. The van der Waals surface area contributed by atoms with E-state index < -0.39 is 0 Å². The van der Waals surface area contributed by atoms with Gasteiger partial charge in [-0.05, 0) is 37.3 Å². The van der Waals surface area contributed by atoms with E-state index in [1.165, 1.54) is 0 Å². The molecule has 0 aliphatic heterocycles. The van der Waals surface area contributed by atoms with Gasteiger partial charge in [-0.2, -0.15) is 0 Å². The number of nitrogens with one attached hydrogen (secondary N) is 3. The summed E-state index contributed by atoms with van der Waals surface area (Å²) in [5, 5.41) is 8.91. The smallest absolute Gasteiger partial charge is 0.251 e. The third-order valence-electron chi connectivity index (χ3n) is 3.36. The highest BCUT2D eigenvalue weighted by atomic mass is 35.5. The Bertz CT molecular complexity index is 765. The number of hydrogen-bond donors (Lipinski definition) is 3. The lowest BCUT2D eigenvalue weighted by molar-refractivity contribution is -0.114. The summed E-state index contributed by atoms with van der Waals surface area (Å²) >= 11 is 6.09. The van der Waals surface area contributed by atoms with Gasteiger partial charge in [0.15, 0.2) is 0 Å². The molecule has 0 saturated carbocycles. The third kappa shape index (κ3) is 5.39. The topological polar surface area (TPSA) is 79.5 Å². The molecule has 0 saturated heterocycles. The Morgan fingerprint density at radius 2 is 1.96 bits per heavy atom. The van der Waals surface area contributed by atoms with Crippen LogP contribution in [0.2, 0.25) is 5.02 Å². The minimum absolute atomic E-state index is 0.0261. The summed E-state index contributed by atoms with van der Waals surface area (Å²) in [6.45, 7) is 2.41. The molecule has 0 unspecified atom stereocenters. The summed E-state index contributed by atoms with van der Waals surface area (Å²) < 4.78 is 5.13. The van der Waals surface area contributed by atoms with E-state index in [0.29, 0.717) is 34.3 Å². The zero-order valence-electron chi connectivity index (χ0n) is 14.1. The van der Waals surface area contributed by atoms with Crippen LogP contribution in [0, 0.1) is 0 Å². The highest BCUT2D eigenvalue weighted by Gasteiger charge is 2.08. The minimum Gasteiger partial charge on any atom is -0.497 e. The fourth-order valence-corrected chi connectivity index (χ4v) is 2.33. The van der Waals surface area contributed by atoms with Crippen LogP contribution in [-0.2, 0) is 4.79 Å². The number of rotatable bonds is 7. The van der Waals surface area contributed by atoms with Crippen molar-refractivity contribution in [2.24, 2.45) is 0 Å². The molecule has 0 bridgehead atoms. The molecule has 0 atom stereocenters. The highest BCUT2D eigenvalue weighted by Crippen LogP contribution is 2.26. The van der Waals surface area contributed by atoms with Crippen LogP contribution >= 0.6 is 11.6 Å². The molecule has 25 heavy (non-hydrogen) atoms. The van der Waals surface area contributed by atoms with Gasteiger partial charge < -0.3 is 20.7 Å². The van der Waals surface area contributed by atoms with Gasteiger partial charge in [0, 0.05) is 23.9 Å². The molecule has 132 valence electrons. The van der Waals surface area contributed by atoms with E-state index in [1.54, 1.807) is 49.6 Å². The minimum atomic E-state index is -0.257.